The summed E-state index contributed by atoms with van der Waals surface area (Å²) >= 11 is 1.85. The van der Waals surface area contributed by atoms with E-state index in [9.17, 15) is 0 Å². The predicted octanol–water partition coefficient (Wildman–Crippen LogP) is 10.7. The molecule has 0 amide bonds. The maximum Gasteiger partial charge on any atom is 0.136 e. The third-order valence-corrected chi connectivity index (χ3v) is 12.7. The molecule has 54 heavy (non-hydrogen) atoms. The number of benzene rings is 7. The second-order valence-corrected chi connectivity index (χ2v) is 15.5. The number of hydrogen-bond donors (Lipinski definition) is 4. The Hall–Kier alpha value is -5.89. The molecular weight excluding hydrogens is 681 g/mol. The summed E-state index contributed by atoms with van der Waals surface area (Å²) in [4.78, 5) is 2.55. The van der Waals surface area contributed by atoms with E-state index in [1.165, 1.54) is 65.4 Å². The van der Waals surface area contributed by atoms with Crippen LogP contribution in [-0.2, 0) is 5.41 Å². The van der Waals surface area contributed by atoms with Crippen LogP contribution in [0.2, 0.25) is 0 Å². The van der Waals surface area contributed by atoms with Crippen LogP contribution in [0, 0.1) is 0 Å². The Morgan fingerprint density at radius 3 is 1.65 bits per heavy atom. The van der Waals surface area contributed by atoms with Crippen molar-refractivity contribution < 1.29 is 4.42 Å². The first-order valence-corrected chi connectivity index (χ1v) is 19.3. The molecule has 1 aliphatic carbocycles. The zero-order valence-corrected chi connectivity index (χ0v) is 30.1. The fraction of sp³-hybridized carbons (Fsp3) is 0.0833. The summed E-state index contributed by atoms with van der Waals surface area (Å²) in [5.41, 5.74) is 21.0. The maximum atomic E-state index is 6.68. The molecule has 1 fully saturated rings. The monoisotopic (exact) mass is 716 g/mol. The number of nitrogens with two attached hydrogens (primary N) is 1. The molecule has 0 saturated carbocycles. The average Bonchev–Trinajstić information content (AvgIpc) is 3.76. The largest absolute Gasteiger partial charge is 0.462 e. The number of hydrogen-bond acceptors (Lipinski definition) is 6. The summed E-state index contributed by atoms with van der Waals surface area (Å²) in [5.74, 6) is 0. The van der Waals surface area contributed by atoms with Gasteiger partial charge in [-0.1, -0.05) is 151 Å². The van der Waals surface area contributed by atoms with Crippen molar-refractivity contribution in [3.05, 3.63) is 209 Å². The number of anilines is 1. The van der Waals surface area contributed by atoms with Gasteiger partial charge < -0.3 is 10.2 Å². The highest BCUT2D eigenvalue weighted by molar-refractivity contribution is 7.99. The van der Waals surface area contributed by atoms with Gasteiger partial charge in [0, 0.05) is 9.79 Å². The topological polar surface area (TPSA) is 75.2 Å². The Balaban J connectivity index is 1.04. The van der Waals surface area contributed by atoms with E-state index >= 15 is 0 Å². The van der Waals surface area contributed by atoms with Gasteiger partial charge in [0.1, 0.15) is 11.8 Å². The van der Waals surface area contributed by atoms with Crippen LogP contribution < -0.4 is 21.7 Å². The highest BCUT2D eigenvalue weighted by Crippen LogP contribution is 2.63. The van der Waals surface area contributed by atoms with E-state index in [0.29, 0.717) is 5.69 Å². The molecule has 6 heteroatoms. The van der Waals surface area contributed by atoms with Crippen molar-refractivity contribution in [2.45, 2.75) is 33.7 Å². The van der Waals surface area contributed by atoms with Crippen molar-refractivity contribution >= 4 is 28.4 Å². The third kappa shape index (κ3) is 4.71. The molecule has 11 rings (SSSR count). The van der Waals surface area contributed by atoms with Crippen molar-refractivity contribution in [1.82, 2.24) is 16.0 Å². The Morgan fingerprint density at radius 1 is 0.500 bits per heavy atom. The van der Waals surface area contributed by atoms with Crippen LogP contribution in [-0.4, -0.2) is 0 Å². The quantitative estimate of drug-likeness (QED) is 0.145. The van der Waals surface area contributed by atoms with Crippen molar-refractivity contribution in [2.75, 3.05) is 5.73 Å². The van der Waals surface area contributed by atoms with Crippen molar-refractivity contribution in [3.63, 3.8) is 0 Å². The van der Waals surface area contributed by atoms with E-state index in [1.54, 1.807) is 6.26 Å². The van der Waals surface area contributed by atoms with Crippen LogP contribution in [0.15, 0.2) is 184 Å². The van der Waals surface area contributed by atoms with Crippen molar-refractivity contribution in [2.24, 2.45) is 0 Å². The van der Waals surface area contributed by atoms with Gasteiger partial charge in [-0.25, -0.2) is 0 Å². The molecule has 1 saturated heterocycles. The number of nitrogen functional groups attached to an aromatic ring is 1. The van der Waals surface area contributed by atoms with Gasteiger partial charge in [0.15, 0.2) is 0 Å². The highest BCUT2D eigenvalue weighted by Gasteiger charge is 2.51. The Kier molecular flexibility index (Phi) is 7.22. The first-order valence-electron chi connectivity index (χ1n) is 18.5. The fourth-order valence-electron chi connectivity index (χ4n) is 9.10. The van der Waals surface area contributed by atoms with Gasteiger partial charge in [-0.2, -0.15) is 0 Å². The Labute approximate surface area is 318 Å². The molecule has 2 aliphatic heterocycles. The van der Waals surface area contributed by atoms with E-state index in [0.717, 1.165) is 16.5 Å². The van der Waals surface area contributed by atoms with Gasteiger partial charge in [-0.3, -0.25) is 16.0 Å². The van der Waals surface area contributed by atoms with Crippen LogP contribution in [0.1, 0.15) is 57.4 Å². The van der Waals surface area contributed by atoms with Gasteiger partial charge in [0.2, 0.25) is 0 Å². The molecule has 0 bridgehead atoms. The first-order chi connectivity index (χ1) is 26.7. The van der Waals surface area contributed by atoms with Crippen LogP contribution in [0.4, 0.5) is 5.69 Å². The molecule has 0 radical (unpaired) electrons. The maximum absolute atomic E-state index is 6.68. The minimum atomic E-state index is -0.515. The van der Waals surface area contributed by atoms with Crippen LogP contribution >= 0.6 is 11.8 Å². The lowest BCUT2D eigenvalue weighted by atomic mass is 9.67. The molecule has 1 spiro atoms. The highest BCUT2D eigenvalue weighted by atomic mass is 32.2. The van der Waals surface area contributed by atoms with E-state index in [1.807, 2.05) is 11.8 Å². The van der Waals surface area contributed by atoms with Crippen molar-refractivity contribution in [3.8, 4) is 22.3 Å². The average molecular weight is 717 g/mol. The van der Waals surface area contributed by atoms with Crippen LogP contribution in [0.3, 0.4) is 0 Å². The van der Waals surface area contributed by atoms with E-state index in [2.05, 4.69) is 180 Å². The standard InChI is InChI=1S/C48H36N4OS/c49-39-28-53-40-26-25-37-43(44(39)40)34-24-23-33(27-38(34)48(37)35-15-7-9-17-41(35)54-42-18-10-8-16-36(42)48)29-19-21-32(22-20-29)47-51-45(30-11-3-1-4-12-30)50-46(52-47)31-13-5-2-6-14-31/h1-28,45-47,50-52H,49H2. The molecule has 2 unspecified atom stereocenters. The SMILES string of the molecule is Nc1coc2ccc3c(c12)-c1ccc(-c2ccc(C4NC(c5ccccc5)NC(c5ccccc5)N4)cc2)cc1C31c2ccccc2Sc2ccccc21. The number of rotatable bonds is 4. The van der Waals surface area contributed by atoms with Gasteiger partial charge in [0.25, 0.3) is 0 Å². The molecule has 8 aromatic rings. The molecule has 3 heterocycles. The normalized spacial score (nSPS) is 19.2. The van der Waals surface area contributed by atoms with Crippen molar-refractivity contribution in [1.29, 1.82) is 0 Å². The van der Waals surface area contributed by atoms with E-state index < -0.39 is 5.41 Å². The van der Waals surface area contributed by atoms with Gasteiger partial charge in [-0.15, -0.1) is 0 Å². The molecule has 2 atom stereocenters. The Morgan fingerprint density at radius 2 is 1.04 bits per heavy atom. The summed E-state index contributed by atoms with van der Waals surface area (Å²) < 4.78 is 5.98. The summed E-state index contributed by atoms with van der Waals surface area (Å²) in [6.07, 6.45) is 1.57. The molecular formula is C48H36N4OS. The minimum Gasteiger partial charge on any atom is -0.462 e. The third-order valence-electron chi connectivity index (χ3n) is 11.5. The summed E-state index contributed by atoms with van der Waals surface area (Å²) in [5, 5.41) is 12.4. The minimum absolute atomic E-state index is 0.0213. The number of furan rings is 1. The molecule has 7 aromatic carbocycles. The second-order valence-electron chi connectivity index (χ2n) is 14.4. The van der Waals surface area contributed by atoms with E-state index in [4.69, 9.17) is 10.2 Å². The van der Waals surface area contributed by atoms with Gasteiger partial charge in [-0.05, 0) is 85.5 Å². The van der Waals surface area contributed by atoms with Gasteiger partial charge in [0.05, 0.1) is 35.0 Å². The summed E-state index contributed by atoms with van der Waals surface area (Å²) in [7, 11) is 0. The molecule has 1 aromatic heterocycles. The number of fused-ring (bicyclic) bond motifs is 11. The Bertz CT molecular complexity index is 2610. The predicted molar refractivity (Wildman–Crippen MR) is 218 cm³/mol. The molecule has 260 valence electrons. The first kappa shape index (κ1) is 31.6. The van der Waals surface area contributed by atoms with Gasteiger partial charge >= 0.3 is 0 Å². The summed E-state index contributed by atoms with van der Waals surface area (Å²) in [6, 6.07) is 59.4. The molecule has 3 aliphatic rings. The molecule has 5 N–H and O–H groups in total. The van der Waals surface area contributed by atoms with Crippen LogP contribution in [0.25, 0.3) is 33.2 Å². The number of nitrogens with one attached hydrogen (secondary N) is 3. The zero-order chi connectivity index (χ0) is 35.8. The lowest BCUT2D eigenvalue weighted by Gasteiger charge is -2.40. The smallest absolute Gasteiger partial charge is 0.136 e. The molecule has 5 nitrogen and oxygen atoms in total. The lowest BCUT2D eigenvalue weighted by molar-refractivity contribution is 0.203. The summed E-state index contributed by atoms with van der Waals surface area (Å²) in [6.45, 7) is 0. The fourth-order valence-corrected chi connectivity index (χ4v) is 10.3. The zero-order valence-electron chi connectivity index (χ0n) is 29.3. The van der Waals surface area contributed by atoms with Crippen LogP contribution in [0.5, 0.6) is 0 Å². The second kappa shape index (κ2) is 12.3. The van der Waals surface area contributed by atoms with E-state index in [-0.39, 0.29) is 18.5 Å². The lowest BCUT2D eigenvalue weighted by Crippen LogP contribution is -2.54.